The Morgan fingerprint density at radius 1 is 1.56 bits per heavy atom. The van der Waals surface area contributed by atoms with E-state index in [1.54, 1.807) is 0 Å². The molecule has 1 fully saturated rings. The van der Waals surface area contributed by atoms with Crippen LogP contribution < -0.4 is 0 Å². The average molecular weight is 148 g/mol. The summed E-state index contributed by atoms with van der Waals surface area (Å²) in [7, 11) is 0. The summed E-state index contributed by atoms with van der Waals surface area (Å²) in [4.78, 5) is 0. The van der Waals surface area contributed by atoms with E-state index in [0.717, 1.165) is 32.0 Å². The van der Waals surface area contributed by atoms with Crippen LogP contribution in [0.25, 0.3) is 0 Å². The lowest BCUT2D eigenvalue weighted by molar-refractivity contribution is 0.140. The first kappa shape index (κ1) is 7.38. The molecule has 1 saturated heterocycles. The maximum atomic E-state index is 5.18. The monoisotopic (exact) mass is 148 g/mol. The zero-order chi connectivity index (χ0) is 6.53. The van der Waals surface area contributed by atoms with E-state index in [4.69, 9.17) is 9.47 Å². The molecule has 0 aliphatic carbocycles. The summed E-state index contributed by atoms with van der Waals surface area (Å²) < 4.78 is 10.2. The second kappa shape index (κ2) is 4.14. The zero-order valence-corrected chi connectivity index (χ0v) is 6.27. The normalized spacial score (nSPS) is 24.3. The summed E-state index contributed by atoms with van der Waals surface area (Å²) in [5, 5.41) is 0. The quantitative estimate of drug-likeness (QED) is 0.352. The summed E-state index contributed by atoms with van der Waals surface area (Å²) in [5.74, 6) is 0.811. The van der Waals surface area contributed by atoms with Crippen LogP contribution in [-0.2, 0) is 9.47 Å². The maximum Gasteiger partial charge on any atom is 0.0831 e. The van der Waals surface area contributed by atoms with Gasteiger partial charge in [0.25, 0.3) is 0 Å². The van der Waals surface area contributed by atoms with Gasteiger partial charge in [0.1, 0.15) is 0 Å². The second-order valence-electron chi connectivity index (χ2n) is 2.08. The van der Waals surface area contributed by atoms with E-state index in [0.29, 0.717) is 6.10 Å². The van der Waals surface area contributed by atoms with Crippen molar-refractivity contribution in [3.05, 3.63) is 0 Å². The van der Waals surface area contributed by atoms with E-state index in [9.17, 15) is 0 Å². The Morgan fingerprint density at radius 2 is 2.33 bits per heavy atom. The highest BCUT2D eigenvalue weighted by Crippen LogP contribution is 2.12. The molecule has 0 saturated carbocycles. The number of hydrogen-bond acceptors (Lipinski definition) is 3. The minimum absolute atomic E-state index is 0.505. The van der Waals surface area contributed by atoms with Gasteiger partial charge in [-0.15, -0.1) is 0 Å². The number of hydrogen-bond donors (Lipinski definition) is 1. The van der Waals surface area contributed by atoms with Gasteiger partial charge in [0.05, 0.1) is 19.3 Å². The van der Waals surface area contributed by atoms with Gasteiger partial charge >= 0.3 is 0 Å². The Hall–Kier alpha value is 0.270. The van der Waals surface area contributed by atoms with E-state index in [1.165, 1.54) is 0 Å². The minimum atomic E-state index is 0.505. The predicted octanol–water partition coefficient (Wildman–Crippen LogP) is 0.722. The molecular weight excluding hydrogens is 136 g/mol. The maximum absolute atomic E-state index is 5.18. The van der Waals surface area contributed by atoms with Crippen molar-refractivity contribution in [3.8, 4) is 0 Å². The van der Waals surface area contributed by atoms with Crippen LogP contribution in [0.3, 0.4) is 0 Å². The molecule has 1 aliphatic rings. The van der Waals surface area contributed by atoms with E-state index in [1.807, 2.05) is 0 Å². The van der Waals surface area contributed by atoms with Crippen LogP contribution in [0, 0.1) is 0 Å². The summed E-state index contributed by atoms with van der Waals surface area (Å²) >= 11 is 4.00. The van der Waals surface area contributed by atoms with E-state index in [-0.39, 0.29) is 0 Å². The molecular formula is C6H12O2S. The fraction of sp³-hybridized carbons (Fsp3) is 1.00. The Labute approximate surface area is 60.9 Å². The molecule has 2 nitrogen and oxygen atoms in total. The van der Waals surface area contributed by atoms with Gasteiger partial charge in [-0.05, 0) is 6.42 Å². The molecule has 3 heteroatoms. The van der Waals surface area contributed by atoms with Crippen molar-refractivity contribution in [3.63, 3.8) is 0 Å². The molecule has 1 rings (SSSR count). The van der Waals surface area contributed by atoms with Crippen molar-refractivity contribution in [2.45, 2.75) is 12.5 Å². The molecule has 0 bridgehead atoms. The van der Waals surface area contributed by atoms with Gasteiger partial charge in [0, 0.05) is 12.4 Å². The highest BCUT2D eigenvalue weighted by molar-refractivity contribution is 7.80. The Kier molecular flexibility index (Phi) is 3.40. The van der Waals surface area contributed by atoms with Crippen LogP contribution in [0.5, 0.6) is 0 Å². The summed E-state index contributed by atoms with van der Waals surface area (Å²) in [6.45, 7) is 2.52. The predicted molar refractivity (Wildman–Crippen MR) is 39.0 cm³/mol. The lowest BCUT2D eigenvalue weighted by Crippen LogP contribution is -2.00. The van der Waals surface area contributed by atoms with Crippen molar-refractivity contribution in [2.75, 3.05) is 25.6 Å². The molecule has 0 aromatic rings. The summed E-state index contributed by atoms with van der Waals surface area (Å²) in [6, 6.07) is 0. The number of rotatable bonds is 5. The van der Waals surface area contributed by atoms with Gasteiger partial charge in [0.15, 0.2) is 0 Å². The molecule has 0 aromatic heterocycles. The third-order valence-corrected chi connectivity index (χ3v) is 1.40. The fourth-order valence-electron chi connectivity index (χ4n) is 0.616. The van der Waals surface area contributed by atoms with Gasteiger partial charge < -0.3 is 9.47 Å². The largest absolute Gasteiger partial charge is 0.381 e. The summed E-state index contributed by atoms with van der Waals surface area (Å²) in [5.41, 5.74) is 0. The van der Waals surface area contributed by atoms with Crippen molar-refractivity contribution in [2.24, 2.45) is 0 Å². The van der Waals surface area contributed by atoms with Gasteiger partial charge in [0.2, 0.25) is 0 Å². The topological polar surface area (TPSA) is 21.8 Å². The Bertz CT molecular complexity index is 73.5. The van der Waals surface area contributed by atoms with Crippen LogP contribution in [0.2, 0.25) is 0 Å². The minimum Gasteiger partial charge on any atom is -0.381 e. The molecule has 1 atom stereocenters. The van der Waals surface area contributed by atoms with Gasteiger partial charge in [-0.2, -0.15) is 12.6 Å². The Morgan fingerprint density at radius 3 is 2.89 bits per heavy atom. The van der Waals surface area contributed by atoms with Crippen molar-refractivity contribution >= 4 is 12.6 Å². The van der Waals surface area contributed by atoms with Gasteiger partial charge in [-0.25, -0.2) is 0 Å². The van der Waals surface area contributed by atoms with Crippen molar-refractivity contribution in [1.29, 1.82) is 0 Å². The molecule has 1 heterocycles. The first-order valence-electron chi connectivity index (χ1n) is 3.23. The smallest absolute Gasteiger partial charge is 0.0831 e. The molecule has 1 aliphatic heterocycles. The first-order chi connectivity index (χ1) is 4.43. The molecule has 0 spiro atoms. The molecule has 9 heavy (non-hydrogen) atoms. The average Bonchev–Trinajstić information content (AvgIpc) is 2.63. The van der Waals surface area contributed by atoms with Gasteiger partial charge in [-0.1, -0.05) is 0 Å². The number of ether oxygens (including phenoxy) is 2. The second-order valence-corrected chi connectivity index (χ2v) is 2.53. The highest BCUT2D eigenvalue weighted by Gasteiger charge is 2.21. The third-order valence-electron chi connectivity index (χ3n) is 1.22. The lowest BCUT2D eigenvalue weighted by atomic mass is 10.3. The zero-order valence-electron chi connectivity index (χ0n) is 5.38. The van der Waals surface area contributed by atoms with Crippen LogP contribution in [0.1, 0.15) is 6.42 Å². The van der Waals surface area contributed by atoms with Crippen molar-refractivity contribution < 1.29 is 9.47 Å². The third kappa shape index (κ3) is 3.78. The lowest BCUT2D eigenvalue weighted by Gasteiger charge is -1.97. The first-order valence-corrected chi connectivity index (χ1v) is 3.87. The molecule has 1 unspecified atom stereocenters. The van der Waals surface area contributed by atoms with Gasteiger partial charge in [-0.3, -0.25) is 0 Å². The molecule has 0 aromatic carbocycles. The van der Waals surface area contributed by atoms with Crippen molar-refractivity contribution in [1.82, 2.24) is 0 Å². The van der Waals surface area contributed by atoms with E-state index in [2.05, 4.69) is 12.6 Å². The molecule has 0 N–H and O–H groups in total. The highest BCUT2D eigenvalue weighted by atomic mass is 32.1. The number of epoxide rings is 1. The SMILES string of the molecule is SCCOCCC1CO1. The van der Waals surface area contributed by atoms with E-state index < -0.39 is 0 Å². The van der Waals surface area contributed by atoms with Crippen LogP contribution >= 0.6 is 12.6 Å². The molecule has 54 valence electrons. The van der Waals surface area contributed by atoms with Crippen LogP contribution in [-0.4, -0.2) is 31.7 Å². The van der Waals surface area contributed by atoms with Crippen LogP contribution in [0.15, 0.2) is 0 Å². The fourth-order valence-corrected chi connectivity index (χ4v) is 0.745. The van der Waals surface area contributed by atoms with E-state index >= 15 is 0 Å². The molecule has 0 radical (unpaired) electrons. The standard InChI is InChI=1S/C6H12O2S/c9-4-3-7-2-1-6-5-8-6/h6,9H,1-5H2. The Balaban J connectivity index is 1.71. The summed E-state index contributed by atoms with van der Waals surface area (Å²) in [6.07, 6.45) is 1.55. The van der Waals surface area contributed by atoms with Crippen LogP contribution in [0.4, 0.5) is 0 Å². The number of thiol groups is 1. The molecule has 0 amide bonds.